The Balaban J connectivity index is 2.49. The molecule has 0 saturated heterocycles. The molecule has 0 aliphatic heterocycles. The first kappa shape index (κ1) is 13.0. The second-order valence-electron chi connectivity index (χ2n) is 5.58. The highest BCUT2D eigenvalue weighted by Crippen LogP contribution is 2.39. The minimum Gasteiger partial charge on any atom is -0.377 e. The third-order valence-electron chi connectivity index (χ3n) is 4.45. The monoisotopic (exact) mass is 213 g/mol. The molecule has 1 rings (SSSR count). The van der Waals surface area contributed by atoms with Gasteiger partial charge in [0.1, 0.15) is 0 Å². The quantitative estimate of drug-likeness (QED) is 0.779. The van der Waals surface area contributed by atoms with Crippen molar-refractivity contribution in [2.45, 2.75) is 52.1 Å². The summed E-state index contributed by atoms with van der Waals surface area (Å²) in [6.45, 7) is 7.47. The lowest BCUT2D eigenvalue weighted by Crippen LogP contribution is -2.45. The number of ether oxygens (including phenoxy) is 1. The molecule has 1 atom stereocenters. The molecule has 0 bridgehead atoms. The lowest BCUT2D eigenvalue weighted by molar-refractivity contribution is -0.0538. The van der Waals surface area contributed by atoms with Gasteiger partial charge < -0.3 is 10.5 Å². The minimum absolute atomic E-state index is 0.0953. The maximum atomic E-state index is 5.82. The van der Waals surface area contributed by atoms with Crippen molar-refractivity contribution in [2.24, 2.45) is 23.5 Å². The Kier molecular flexibility index (Phi) is 4.60. The Bertz CT molecular complexity index is 179. The van der Waals surface area contributed by atoms with Gasteiger partial charge >= 0.3 is 0 Å². The number of rotatable bonds is 4. The SMILES string of the molecule is COC(C)(CN)C1CCC(C(C)C)CC1. The molecule has 0 aromatic heterocycles. The van der Waals surface area contributed by atoms with Crippen LogP contribution in [-0.2, 0) is 4.74 Å². The van der Waals surface area contributed by atoms with Crippen LogP contribution in [-0.4, -0.2) is 19.3 Å². The predicted octanol–water partition coefficient (Wildman–Crippen LogP) is 2.81. The molecule has 2 nitrogen and oxygen atoms in total. The number of methoxy groups -OCH3 is 1. The molecule has 0 aromatic carbocycles. The highest BCUT2D eigenvalue weighted by atomic mass is 16.5. The maximum Gasteiger partial charge on any atom is 0.0800 e. The zero-order chi connectivity index (χ0) is 11.5. The molecule has 15 heavy (non-hydrogen) atoms. The first-order chi connectivity index (χ1) is 7.03. The van der Waals surface area contributed by atoms with Crippen LogP contribution >= 0.6 is 0 Å². The molecule has 1 unspecified atom stereocenters. The van der Waals surface area contributed by atoms with E-state index in [1.165, 1.54) is 25.7 Å². The van der Waals surface area contributed by atoms with Crippen molar-refractivity contribution in [3.05, 3.63) is 0 Å². The second kappa shape index (κ2) is 5.31. The van der Waals surface area contributed by atoms with E-state index in [0.29, 0.717) is 12.5 Å². The van der Waals surface area contributed by atoms with Crippen LogP contribution in [0.25, 0.3) is 0 Å². The zero-order valence-electron chi connectivity index (χ0n) is 10.8. The second-order valence-corrected chi connectivity index (χ2v) is 5.58. The van der Waals surface area contributed by atoms with Crippen LogP contribution in [0.15, 0.2) is 0 Å². The van der Waals surface area contributed by atoms with Crippen molar-refractivity contribution in [2.75, 3.05) is 13.7 Å². The summed E-state index contributed by atoms with van der Waals surface area (Å²) in [6.07, 6.45) is 5.26. The first-order valence-corrected chi connectivity index (χ1v) is 6.28. The summed E-state index contributed by atoms with van der Waals surface area (Å²) in [5.41, 5.74) is 5.72. The van der Waals surface area contributed by atoms with Gasteiger partial charge in [-0.15, -0.1) is 0 Å². The van der Waals surface area contributed by atoms with Gasteiger partial charge in [0.15, 0.2) is 0 Å². The average Bonchev–Trinajstić information content (AvgIpc) is 2.28. The highest BCUT2D eigenvalue weighted by Gasteiger charge is 2.36. The van der Waals surface area contributed by atoms with Gasteiger partial charge in [-0.1, -0.05) is 13.8 Å². The predicted molar refractivity (Wildman–Crippen MR) is 64.8 cm³/mol. The number of hydrogen-bond donors (Lipinski definition) is 1. The summed E-state index contributed by atoms with van der Waals surface area (Å²) in [5, 5.41) is 0. The van der Waals surface area contributed by atoms with Crippen LogP contribution < -0.4 is 5.73 Å². The van der Waals surface area contributed by atoms with E-state index in [-0.39, 0.29) is 5.60 Å². The van der Waals surface area contributed by atoms with Gasteiger partial charge in [-0.3, -0.25) is 0 Å². The van der Waals surface area contributed by atoms with Crippen molar-refractivity contribution >= 4 is 0 Å². The summed E-state index contributed by atoms with van der Waals surface area (Å²) in [4.78, 5) is 0. The Morgan fingerprint density at radius 3 is 2.13 bits per heavy atom. The van der Waals surface area contributed by atoms with Gasteiger partial charge in [0.25, 0.3) is 0 Å². The Morgan fingerprint density at radius 2 is 1.80 bits per heavy atom. The van der Waals surface area contributed by atoms with Crippen LogP contribution in [0.1, 0.15) is 46.5 Å². The molecular formula is C13H27NO. The van der Waals surface area contributed by atoms with Crippen molar-refractivity contribution in [3.8, 4) is 0 Å². The van der Waals surface area contributed by atoms with Crippen molar-refractivity contribution in [1.82, 2.24) is 0 Å². The molecule has 1 saturated carbocycles. The average molecular weight is 213 g/mol. The molecule has 1 fully saturated rings. The van der Waals surface area contributed by atoms with Gasteiger partial charge in [-0.2, -0.15) is 0 Å². The number of hydrogen-bond acceptors (Lipinski definition) is 2. The molecule has 1 aliphatic carbocycles. The smallest absolute Gasteiger partial charge is 0.0800 e. The van der Waals surface area contributed by atoms with Crippen molar-refractivity contribution < 1.29 is 4.74 Å². The van der Waals surface area contributed by atoms with E-state index in [9.17, 15) is 0 Å². The molecule has 90 valence electrons. The molecule has 0 amide bonds. The number of nitrogens with two attached hydrogens (primary N) is 1. The third kappa shape index (κ3) is 2.94. The molecule has 1 aliphatic rings. The summed E-state index contributed by atoms with van der Waals surface area (Å²) in [5.74, 6) is 2.40. The summed E-state index contributed by atoms with van der Waals surface area (Å²) in [6, 6.07) is 0. The fourth-order valence-corrected chi connectivity index (χ4v) is 2.81. The largest absolute Gasteiger partial charge is 0.377 e. The lowest BCUT2D eigenvalue weighted by Gasteiger charge is -2.40. The van der Waals surface area contributed by atoms with E-state index in [2.05, 4.69) is 20.8 Å². The summed E-state index contributed by atoms with van der Waals surface area (Å²) in [7, 11) is 1.79. The van der Waals surface area contributed by atoms with Gasteiger partial charge in [0.05, 0.1) is 5.60 Å². The zero-order valence-corrected chi connectivity index (χ0v) is 10.8. The van der Waals surface area contributed by atoms with E-state index in [0.717, 1.165) is 11.8 Å². The first-order valence-electron chi connectivity index (χ1n) is 6.28. The minimum atomic E-state index is -0.0953. The molecule has 0 aromatic rings. The Hall–Kier alpha value is -0.0800. The lowest BCUT2D eigenvalue weighted by atomic mass is 9.71. The summed E-state index contributed by atoms with van der Waals surface area (Å²) < 4.78 is 5.60. The maximum absolute atomic E-state index is 5.82. The van der Waals surface area contributed by atoms with Crippen LogP contribution in [0.5, 0.6) is 0 Å². The standard InChI is InChI=1S/C13H27NO/c1-10(2)11-5-7-12(8-6-11)13(3,9-14)15-4/h10-12H,5-9,14H2,1-4H3. The van der Waals surface area contributed by atoms with E-state index in [1.807, 2.05) is 0 Å². The Labute approximate surface area is 94.6 Å². The molecular weight excluding hydrogens is 186 g/mol. The van der Waals surface area contributed by atoms with Crippen molar-refractivity contribution in [3.63, 3.8) is 0 Å². The molecule has 0 radical (unpaired) electrons. The normalized spacial score (nSPS) is 31.6. The highest BCUT2D eigenvalue weighted by molar-refractivity contribution is 4.88. The van der Waals surface area contributed by atoms with Crippen LogP contribution in [0, 0.1) is 17.8 Å². The fraction of sp³-hybridized carbons (Fsp3) is 1.00. The van der Waals surface area contributed by atoms with Gasteiger partial charge in [0.2, 0.25) is 0 Å². The third-order valence-corrected chi connectivity index (χ3v) is 4.45. The van der Waals surface area contributed by atoms with Crippen LogP contribution in [0.3, 0.4) is 0 Å². The van der Waals surface area contributed by atoms with Gasteiger partial charge in [-0.05, 0) is 50.4 Å². The topological polar surface area (TPSA) is 35.2 Å². The Morgan fingerprint density at radius 1 is 1.27 bits per heavy atom. The molecule has 0 heterocycles. The summed E-state index contributed by atoms with van der Waals surface area (Å²) >= 11 is 0. The van der Waals surface area contributed by atoms with Crippen molar-refractivity contribution in [1.29, 1.82) is 0 Å². The van der Waals surface area contributed by atoms with Gasteiger partial charge in [0, 0.05) is 13.7 Å². The molecule has 0 spiro atoms. The van der Waals surface area contributed by atoms with Crippen LogP contribution in [0.4, 0.5) is 0 Å². The molecule has 2 heteroatoms. The van der Waals surface area contributed by atoms with E-state index in [1.54, 1.807) is 7.11 Å². The van der Waals surface area contributed by atoms with Crippen LogP contribution in [0.2, 0.25) is 0 Å². The molecule has 2 N–H and O–H groups in total. The van der Waals surface area contributed by atoms with E-state index in [4.69, 9.17) is 10.5 Å². The van der Waals surface area contributed by atoms with Gasteiger partial charge in [-0.25, -0.2) is 0 Å². The van der Waals surface area contributed by atoms with E-state index >= 15 is 0 Å². The van der Waals surface area contributed by atoms with E-state index < -0.39 is 0 Å². The fourth-order valence-electron chi connectivity index (χ4n) is 2.81.